The molecule has 178 valence electrons. The Kier molecular flexibility index (Phi) is 4.61. The third-order valence-corrected chi connectivity index (χ3v) is 7.66. The minimum absolute atomic E-state index is 0.0510. The lowest BCUT2D eigenvalue weighted by atomic mass is 9.77. The van der Waals surface area contributed by atoms with Gasteiger partial charge in [-0.1, -0.05) is 6.07 Å². The number of hydrogen-bond donors (Lipinski definition) is 1. The highest BCUT2D eigenvalue weighted by Gasteiger charge is 2.37. The summed E-state index contributed by atoms with van der Waals surface area (Å²) in [6.07, 6.45) is 13.4. The Labute approximate surface area is 203 Å². The normalized spacial score (nSPS) is 21.8. The summed E-state index contributed by atoms with van der Waals surface area (Å²) in [5.41, 5.74) is 5.28. The van der Waals surface area contributed by atoms with Crippen molar-refractivity contribution in [3.63, 3.8) is 0 Å². The molecule has 8 nitrogen and oxygen atoms in total. The highest BCUT2D eigenvalue weighted by atomic mass is 16.3. The van der Waals surface area contributed by atoms with Gasteiger partial charge in [-0.3, -0.25) is 9.48 Å². The Hall–Kier alpha value is -3.52. The van der Waals surface area contributed by atoms with E-state index in [1.807, 2.05) is 53.1 Å². The van der Waals surface area contributed by atoms with E-state index in [2.05, 4.69) is 22.2 Å². The van der Waals surface area contributed by atoms with Crippen molar-refractivity contribution in [2.45, 2.75) is 56.5 Å². The summed E-state index contributed by atoms with van der Waals surface area (Å²) < 4.78 is 3.87. The zero-order valence-corrected chi connectivity index (χ0v) is 19.7. The molecule has 0 unspecified atom stereocenters. The van der Waals surface area contributed by atoms with Gasteiger partial charge in [-0.2, -0.15) is 5.10 Å². The molecule has 0 saturated heterocycles. The van der Waals surface area contributed by atoms with Crippen molar-refractivity contribution in [3.8, 4) is 11.3 Å². The number of aliphatic hydroxyl groups excluding tert-OH is 1. The third kappa shape index (κ3) is 3.63. The van der Waals surface area contributed by atoms with E-state index >= 15 is 0 Å². The first-order valence-electron chi connectivity index (χ1n) is 12.5. The van der Waals surface area contributed by atoms with Gasteiger partial charge in [-0.05, 0) is 74.1 Å². The van der Waals surface area contributed by atoms with E-state index in [4.69, 9.17) is 4.98 Å². The summed E-state index contributed by atoms with van der Waals surface area (Å²) >= 11 is 0. The van der Waals surface area contributed by atoms with E-state index in [-0.39, 0.29) is 17.9 Å². The van der Waals surface area contributed by atoms with Crippen molar-refractivity contribution in [2.24, 2.45) is 13.0 Å². The fourth-order valence-electron chi connectivity index (χ4n) is 5.22. The van der Waals surface area contributed by atoms with Gasteiger partial charge in [-0.15, -0.1) is 0 Å². The van der Waals surface area contributed by atoms with Crippen LogP contribution in [0.2, 0.25) is 0 Å². The van der Waals surface area contributed by atoms with Crippen molar-refractivity contribution in [3.05, 3.63) is 60.2 Å². The number of anilines is 2. The SMILES string of the molecule is Cn1ncc(C2CC(O)C2)c1-c1ccc2nc(N(C(=O)C3CC3)c3ccc(C4CC4)cn3)cn2c1. The fourth-order valence-corrected chi connectivity index (χ4v) is 5.22. The maximum absolute atomic E-state index is 13.3. The van der Waals surface area contributed by atoms with E-state index < -0.39 is 0 Å². The van der Waals surface area contributed by atoms with Gasteiger partial charge in [-0.25, -0.2) is 14.9 Å². The van der Waals surface area contributed by atoms with Gasteiger partial charge < -0.3 is 9.51 Å². The Morgan fingerprint density at radius 1 is 1.00 bits per heavy atom. The van der Waals surface area contributed by atoms with Crippen molar-refractivity contribution in [1.29, 1.82) is 0 Å². The molecule has 4 aromatic heterocycles. The van der Waals surface area contributed by atoms with Crippen molar-refractivity contribution < 1.29 is 9.90 Å². The second kappa shape index (κ2) is 7.75. The van der Waals surface area contributed by atoms with Crippen molar-refractivity contribution in [1.82, 2.24) is 24.1 Å². The van der Waals surface area contributed by atoms with Crippen molar-refractivity contribution in [2.75, 3.05) is 4.90 Å². The van der Waals surface area contributed by atoms with Crippen LogP contribution in [0.4, 0.5) is 11.6 Å². The Bertz CT molecular complexity index is 1420. The minimum Gasteiger partial charge on any atom is -0.393 e. The maximum atomic E-state index is 13.3. The molecule has 1 amide bonds. The molecule has 1 N–H and O–H groups in total. The molecule has 0 atom stereocenters. The zero-order chi connectivity index (χ0) is 23.7. The highest BCUT2D eigenvalue weighted by Crippen LogP contribution is 2.42. The lowest BCUT2D eigenvalue weighted by molar-refractivity contribution is -0.119. The van der Waals surface area contributed by atoms with Gasteiger partial charge in [0.15, 0.2) is 5.82 Å². The number of carbonyl (C=O) groups is 1. The van der Waals surface area contributed by atoms with Crippen LogP contribution >= 0.6 is 0 Å². The summed E-state index contributed by atoms with van der Waals surface area (Å²) in [6.45, 7) is 0. The molecule has 3 saturated carbocycles. The van der Waals surface area contributed by atoms with Crippen molar-refractivity contribution >= 4 is 23.2 Å². The molecule has 4 aromatic rings. The van der Waals surface area contributed by atoms with Gasteiger partial charge in [0, 0.05) is 36.5 Å². The number of nitrogens with zero attached hydrogens (tertiary/aromatic N) is 6. The number of rotatable bonds is 6. The summed E-state index contributed by atoms with van der Waals surface area (Å²) in [4.78, 5) is 24.5. The van der Waals surface area contributed by atoms with Crippen LogP contribution in [0.25, 0.3) is 16.9 Å². The maximum Gasteiger partial charge on any atom is 0.237 e. The number of pyridine rings is 2. The summed E-state index contributed by atoms with van der Waals surface area (Å²) in [6, 6.07) is 8.09. The van der Waals surface area contributed by atoms with Crippen LogP contribution in [0.1, 0.15) is 61.5 Å². The predicted molar refractivity (Wildman–Crippen MR) is 131 cm³/mol. The molecule has 3 aliphatic carbocycles. The smallest absolute Gasteiger partial charge is 0.237 e. The molecular weight excluding hydrogens is 440 g/mol. The molecule has 0 bridgehead atoms. The molecular formula is C27H28N6O2. The molecule has 7 rings (SSSR count). The molecule has 8 heteroatoms. The second-order valence-corrected chi connectivity index (χ2v) is 10.3. The van der Waals surface area contributed by atoms with Crippen LogP contribution in [0, 0.1) is 5.92 Å². The Balaban J connectivity index is 1.26. The second-order valence-electron chi connectivity index (χ2n) is 10.3. The molecule has 35 heavy (non-hydrogen) atoms. The molecule has 0 aliphatic heterocycles. The molecule has 0 spiro atoms. The zero-order valence-electron chi connectivity index (χ0n) is 19.7. The number of aliphatic hydroxyl groups is 1. The largest absolute Gasteiger partial charge is 0.393 e. The first-order chi connectivity index (χ1) is 17.0. The number of imidazole rings is 1. The number of carbonyl (C=O) groups excluding carboxylic acids is 1. The number of fused-ring (bicyclic) bond motifs is 1. The highest BCUT2D eigenvalue weighted by molar-refractivity contribution is 6.01. The first kappa shape index (κ1) is 20.8. The Morgan fingerprint density at radius 2 is 1.83 bits per heavy atom. The van der Waals surface area contributed by atoms with Crippen LogP contribution in [0.3, 0.4) is 0 Å². The lowest BCUT2D eigenvalue weighted by Crippen LogP contribution is -2.28. The predicted octanol–water partition coefficient (Wildman–Crippen LogP) is 4.32. The van der Waals surface area contributed by atoms with E-state index in [1.54, 1.807) is 4.90 Å². The van der Waals surface area contributed by atoms with Crippen LogP contribution in [-0.2, 0) is 11.8 Å². The standard InChI is InChI=1S/C27H28N6O2/c1-31-26(22(13-29-31)20-10-21(34)11-20)19-7-9-24-30-25(15-32(24)14-19)33(27(35)17-4-5-17)23-8-6-18(12-28-23)16-2-3-16/h6-9,12-17,20-21,34H,2-5,10-11H2,1H3. The quantitative estimate of drug-likeness (QED) is 0.455. The van der Waals surface area contributed by atoms with Gasteiger partial charge in [0.1, 0.15) is 11.5 Å². The third-order valence-electron chi connectivity index (χ3n) is 7.66. The van der Waals surface area contributed by atoms with Crippen LogP contribution < -0.4 is 4.90 Å². The molecule has 3 aliphatic rings. The number of amides is 1. The van der Waals surface area contributed by atoms with Gasteiger partial charge in [0.25, 0.3) is 0 Å². The van der Waals surface area contributed by atoms with E-state index in [1.165, 1.54) is 24.0 Å². The molecule has 0 aromatic carbocycles. The summed E-state index contributed by atoms with van der Waals surface area (Å²) in [7, 11) is 1.95. The van der Waals surface area contributed by atoms with Gasteiger partial charge >= 0.3 is 0 Å². The molecule has 0 radical (unpaired) electrons. The fraction of sp³-hybridized carbons (Fsp3) is 0.407. The monoisotopic (exact) mass is 468 g/mol. The number of aromatic nitrogens is 5. The molecule has 3 fully saturated rings. The molecule has 4 heterocycles. The summed E-state index contributed by atoms with van der Waals surface area (Å²) in [5, 5.41) is 14.3. The van der Waals surface area contributed by atoms with Crippen LogP contribution in [0.15, 0.2) is 49.1 Å². The van der Waals surface area contributed by atoms with E-state index in [0.29, 0.717) is 23.5 Å². The van der Waals surface area contributed by atoms with Crippen LogP contribution in [0.5, 0.6) is 0 Å². The van der Waals surface area contributed by atoms with Gasteiger partial charge in [0.2, 0.25) is 5.91 Å². The van der Waals surface area contributed by atoms with E-state index in [0.717, 1.165) is 42.6 Å². The van der Waals surface area contributed by atoms with Gasteiger partial charge in [0.05, 0.1) is 24.2 Å². The number of aryl methyl sites for hydroxylation is 1. The average Bonchev–Trinajstić information content (AvgIpc) is 3.77. The average molecular weight is 469 g/mol. The summed E-state index contributed by atoms with van der Waals surface area (Å²) in [5.74, 6) is 2.30. The topological polar surface area (TPSA) is 88.5 Å². The Morgan fingerprint density at radius 3 is 2.51 bits per heavy atom. The minimum atomic E-state index is -0.214. The first-order valence-corrected chi connectivity index (χ1v) is 12.5. The number of hydrogen-bond acceptors (Lipinski definition) is 5. The van der Waals surface area contributed by atoms with Crippen LogP contribution in [-0.4, -0.2) is 41.3 Å². The lowest BCUT2D eigenvalue weighted by Gasteiger charge is -2.31. The van der Waals surface area contributed by atoms with E-state index in [9.17, 15) is 9.90 Å².